The zero-order valence-corrected chi connectivity index (χ0v) is 18.8. The zero-order valence-electron chi connectivity index (χ0n) is 18.8. The molecule has 0 saturated carbocycles. The van der Waals surface area contributed by atoms with Crippen LogP contribution in [-0.4, -0.2) is 42.1 Å². The molecule has 7 nitrogen and oxygen atoms in total. The lowest BCUT2D eigenvalue weighted by Gasteiger charge is -2.42. The number of hydrogen-bond acceptors (Lipinski definition) is 6. The molecular weight excluding hydrogens is 409 g/mol. The van der Waals surface area contributed by atoms with E-state index >= 15 is 0 Å². The number of benzene rings is 2. The molecule has 32 heavy (non-hydrogen) atoms. The average molecular weight is 436 g/mol. The fraction of sp³-hybridized carbons (Fsp3) is 0.292. The van der Waals surface area contributed by atoms with Gasteiger partial charge in [0.05, 0.1) is 24.2 Å². The van der Waals surface area contributed by atoms with E-state index in [-0.39, 0.29) is 23.8 Å². The Morgan fingerprint density at radius 2 is 1.91 bits per heavy atom. The maximum atomic E-state index is 13.6. The first-order chi connectivity index (χ1) is 15.3. The van der Waals surface area contributed by atoms with Crippen molar-refractivity contribution in [1.29, 1.82) is 0 Å². The van der Waals surface area contributed by atoms with Crippen LogP contribution in [0, 0.1) is 5.82 Å². The Bertz CT molecular complexity index is 1170. The van der Waals surface area contributed by atoms with E-state index in [1.54, 1.807) is 30.3 Å². The predicted octanol–water partition coefficient (Wildman–Crippen LogP) is 4.61. The zero-order chi connectivity index (χ0) is 23.0. The van der Waals surface area contributed by atoms with Crippen LogP contribution in [0.2, 0.25) is 0 Å². The Hall–Kier alpha value is -3.68. The van der Waals surface area contributed by atoms with E-state index in [2.05, 4.69) is 34.0 Å². The normalized spacial score (nSPS) is 15.7. The fourth-order valence-electron chi connectivity index (χ4n) is 4.12. The molecule has 4 rings (SSSR count). The van der Waals surface area contributed by atoms with E-state index in [9.17, 15) is 9.18 Å². The summed E-state index contributed by atoms with van der Waals surface area (Å²) in [6, 6.07) is 11.8. The number of methoxy groups -OCH3 is 1. The molecule has 2 aromatic carbocycles. The maximum absolute atomic E-state index is 13.6. The van der Waals surface area contributed by atoms with Gasteiger partial charge in [-0.25, -0.2) is 14.4 Å². The van der Waals surface area contributed by atoms with E-state index in [0.29, 0.717) is 23.0 Å². The summed E-state index contributed by atoms with van der Waals surface area (Å²) < 4.78 is 18.9. The van der Waals surface area contributed by atoms with Crippen LogP contribution < -0.4 is 19.9 Å². The van der Waals surface area contributed by atoms with E-state index in [0.717, 1.165) is 17.1 Å². The van der Waals surface area contributed by atoms with E-state index in [1.165, 1.54) is 19.2 Å². The van der Waals surface area contributed by atoms with Gasteiger partial charge in [-0.05, 0) is 57.2 Å². The second-order valence-corrected chi connectivity index (χ2v) is 8.01. The number of anilines is 4. The molecule has 1 amide bonds. The van der Waals surface area contributed by atoms with Gasteiger partial charge in [-0.3, -0.25) is 4.79 Å². The molecule has 1 N–H and O–H groups in total. The van der Waals surface area contributed by atoms with Crippen LogP contribution in [0.3, 0.4) is 0 Å². The minimum absolute atomic E-state index is 0.0659. The summed E-state index contributed by atoms with van der Waals surface area (Å²) in [5.41, 5.74) is 3.91. The third-order valence-corrected chi connectivity index (χ3v) is 5.63. The van der Waals surface area contributed by atoms with Gasteiger partial charge < -0.3 is 19.9 Å². The molecule has 1 aromatic heterocycles. The van der Waals surface area contributed by atoms with E-state index in [4.69, 9.17) is 4.74 Å². The number of nitrogens with zero attached hydrogens (tertiary/aromatic N) is 4. The lowest BCUT2D eigenvalue weighted by atomic mass is 10.0. The Balaban J connectivity index is 1.68. The second kappa shape index (κ2) is 8.45. The first-order valence-corrected chi connectivity index (χ1v) is 10.4. The number of hydrogen-bond donors (Lipinski definition) is 1. The number of halogens is 1. The first-order valence-electron chi connectivity index (χ1n) is 10.4. The highest BCUT2D eigenvalue weighted by Gasteiger charge is 2.34. The highest BCUT2D eigenvalue weighted by molar-refractivity contribution is 6.05. The van der Waals surface area contributed by atoms with Crippen molar-refractivity contribution in [2.24, 2.45) is 0 Å². The highest BCUT2D eigenvalue weighted by atomic mass is 19.1. The maximum Gasteiger partial charge on any atom is 0.249 e. The molecule has 0 radical (unpaired) electrons. The number of carbonyl (C=O) groups is 1. The van der Waals surface area contributed by atoms with Crippen molar-refractivity contribution < 1.29 is 13.9 Å². The van der Waals surface area contributed by atoms with Crippen molar-refractivity contribution in [3.8, 4) is 17.0 Å². The molecule has 1 aliphatic heterocycles. The van der Waals surface area contributed by atoms with E-state index < -0.39 is 0 Å². The summed E-state index contributed by atoms with van der Waals surface area (Å²) in [4.78, 5) is 25.4. The van der Waals surface area contributed by atoms with Gasteiger partial charge >= 0.3 is 0 Å². The standard InChI is InChI=1S/C24H26FN5O2/c1-14(2)30-15(3)23(31)29(4)20-9-7-17(13-21(20)30)27-24-26-11-10-19(28-24)18-8-6-16(25)12-22(18)32-5/h6-15H,1-5H3,(H,26,27,28)/t15-/m1/s1. The molecule has 0 unspecified atom stereocenters. The van der Waals surface area contributed by atoms with Gasteiger partial charge in [0.25, 0.3) is 0 Å². The van der Waals surface area contributed by atoms with Gasteiger partial charge in [0.1, 0.15) is 17.6 Å². The summed E-state index contributed by atoms with van der Waals surface area (Å²) >= 11 is 0. The smallest absolute Gasteiger partial charge is 0.249 e. The third kappa shape index (κ3) is 3.84. The second-order valence-electron chi connectivity index (χ2n) is 8.01. The molecule has 0 fully saturated rings. The molecule has 1 atom stereocenters. The molecule has 1 aliphatic rings. The number of amides is 1. The van der Waals surface area contributed by atoms with E-state index in [1.807, 2.05) is 25.1 Å². The van der Waals surface area contributed by atoms with Crippen LogP contribution in [0.5, 0.6) is 5.75 Å². The number of fused-ring (bicyclic) bond motifs is 1. The monoisotopic (exact) mass is 435 g/mol. The minimum Gasteiger partial charge on any atom is -0.496 e. The molecule has 0 aliphatic carbocycles. The van der Waals surface area contributed by atoms with Crippen LogP contribution in [0.1, 0.15) is 20.8 Å². The van der Waals surface area contributed by atoms with Crippen LogP contribution in [0.15, 0.2) is 48.7 Å². The van der Waals surface area contributed by atoms with Crippen molar-refractivity contribution in [2.45, 2.75) is 32.9 Å². The quantitative estimate of drug-likeness (QED) is 0.631. The van der Waals surface area contributed by atoms with Gasteiger partial charge in [-0.2, -0.15) is 0 Å². The Morgan fingerprint density at radius 1 is 1.12 bits per heavy atom. The van der Waals surface area contributed by atoms with Crippen LogP contribution in [0.4, 0.5) is 27.4 Å². The fourth-order valence-corrected chi connectivity index (χ4v) is 4.12. The molecule has 3 aromatic rings. The SMILES string of the molecule is COc1cc(F)ccc1-c1ccnc(Nc2ccc3c(c2)N(C(C)C)[C@H](C)C(=O)N3C)n1. The Kier molecular flexibility index (Phi) is 5.69. The van der Waals surface area contributed by atoms with Crippen LogP contribution in [0.25, 0.3) is 11.3 Å². The lowest BCUT2D eigenvalue weighted by molar-refractivity contribution is -0.119. The third-order valence-electron chi connectivity index (χ3n) is 5.63. The largest absolute Gasteiger partial charge is 0.496 e. The number of rotatable bonds is 5. The predicted molar refractivity (Wildman–Crippen MR) is 124 cm³/mol. The molecule has 8 heteroatoms. The van der Waals surface area contributed by atoms with Crippen molar-refractivity contribution in [3.05, 3.63) is 54.5 Å². The van der Waals surface area contributed by atoms with Gasteiger partial charge in [0.2, 0.25) is 11.9 Å². The summed E-state index contributed by atoms with van der Waals surface area (Å²) in [5, 5.41) is 3.25. The molecule has 2 heterocycles. The number of nitrogens with one attached hydrogen (secondary N) is 1. The molecule has 0 saturated heterocycles. The number of aromatic nitrogens is 2. The van der Waals surface area contributed by atoms with Gasteiger partial charge in [-0.1, -0.05) is 0 Å². The molecule has 0 bridgehead atoms. The topological polar surface area (TPSA) is 70.6 Å². The number of likely N-dealkylation sites (N-methyl/N-ethyl adjacent to an activating group) is 1. The van der Waals surface area contributed by atoms with Crippen LogP contribution in [-0.2, 0) is 4.79 Å². The van der Waals surface area contributed by atoms with Crippen molar-refractivity contribution in [2.75, 3.05) is 29.3 Å². The summed E-state index contributed by atoms with van der Waals surface area (Å²) in [7, 11) is 3.29. The lowest BCUT2D eigenvalue weighted by Crippen LogP contribution is -2.53. The summed E-state index contributed by atoms with van der Waals surface area (Å²) in [6.45, 7) is 6.06. The highest BCUT2D eigenvalue weighted by Crippen LogP contribution is 2.39. The minimum atomic E-state index is -0.376. The van der Waals surface area contributed by atoms with Crippen LogP contribution >= 0.6 is 0 Å². The van der Waals surface area contributed by atoms with Gasteiger partial charge in [0, 0.05) is 36.6 Å². The summed E-state index contributed by atoms with van der Waals surface area (Å²) in [6.07, 6.45) is 1.64. The summed E-state index contributed by atoms with van der Waals surface area (Å²) in [5.74, 6) is 0.492. The number of carbonyl (C=O) groups excluding carboxylic acids is 1. The Morgan fingerprint density at radius 3 is 2.62 bits per heavy atom. The average Bonchev–Trinajstić information content (AvgIpc) is 2.77. The number of ether oxygens (including phenoxy) is 1. The first kappa shape index (κ1) is 21.5. The Labute approximate surface area is 186 Å². The van der Waals surface area contributed by atoms with Crippen molar-refractivity contribution in [1.82, 2.24) is 9.97 Å². The molecule has 166 valence electrons. The molecule has 0 spiro atoms. The molecular formula is C24H26FN5O2. The van der Waals surface area contributed by atoms with Gasteiger partial charge in [-0.15, -0.1) is 0 Å². The van der Waals surface area contributed by atoms with Gasteiger partial charge in [0.15, 0.2) is 0 Å². The van der Waals surface area contributed by atoms with Crippen molar-refractivity contribution >= 4 is 28.9 Å². The van der Waals surface area contributed by atoms with Crippen molar-refractivity contribution in [3.63, 3.8) is 0 Å².